The van der Waals surface area contributed by atoms with Crippen LogP contribution in [-0.2, 0) is 0 Å². The van der Waals surface area contributed by atoms with Crippen molar-refractivity contribution in [3.8, 4) is 5.88 Å². The minimum absolute atomic E-state index is 0.617. The summed E-state index contributed by atoms with van der Waals surface area (Å²) in [6, 6.07) is 2.59. The van der Waals surface area contributed by atoms with Crippen LogP contribution in [0.2, 0.25) is 0 Å². The molecular weight excluding hydrogens is 306 g/mol. The van der Waals surface area contributed by atoms with Crippen molar-refractivity contribution in [2.45, 2.75) is 45.1 Å². The largest absolute Gasteiger partial charge is 0.478 e. The van der Waals surface area contributed by atoms with Gasteiger partial charge in [0.05, 0.1) is 6.61 Å². The molecular formula is C14H22BrN3O. The summed E-state index contributed by atoms with van der Waals surface area (Å²) >= 11 is 3.51. The molecule has 106 valence electrons. The van der Waals surface area contributed by atoms with Gasteiger partial charge in [0.1, 0.15) is 12.1 Å². The molecule has 19 heavy (non-hydrogen) atoms. The summed E-state index contributed by atoms with van der Waals surface area (Å²) in [5.74, 6) is 1.70. The van der Waals surface area contributed by atoms with E-state index < -0.39 is 0 Å². The monoisotopic (exact) mass is 327 g/mol. The highest BCUT2D eigenvalue weighted by Crippen LogP contribution is 2.28. The Morgan fingerprint density at radius 3 is 3.16 bits per heavy atom. The van der Waals surface area contributed by atoms with Gasteiger partial charge in [0.15, 0.2) is 0 Å². The number of nitrogens with zero attached hydrogens (tertiary/aromatic N) is 3. The topological polar surface area (TPSA) is 38.2 Å². The van der Waals surface area contributed by atoms with Gasteiger partial charge in [-0.2, -0.15) is 0 Å². The smallest absolute Gasteiger partial charge is 0.218 e. The van der Waals surface area contributed by atoms with Crippen molar-refractivity contribution in [2.24, 2.45) is 0 Å². The van der Waals surface area contributed by atoms with Crippen LogP contribution < -0.4 is 9.64 Å². The van der Waals surface area contributed by atoms with Crippen molar-refractivity contribution >= 4 is 21.7 Å². The number of rotatable bonds is 7. The molecule has 0 spiro atoms. The van der Waals surface area contributed by atoms with Crippen LogP contribution in [0.1, 0.15) is 39.0 Å². The van der Waals surface area contributed by atoms with Gasteiger partial charge in [-0.25, -0.2) is 9.97 Å². The summed E-state index contributed by atoms with van der Waals surface area (Å²) < 4.78 is 5.59. The predicted molar refractivity (Wildman–Crippen MR) is 81.2 cm³/mol. The highest BCUT2D eigenvalue weighted by Gasteiger charge is 2.25. The lowest BCUT2D eigenvalue weighted by Gasteiger charge is -2.25. The molecule has 2 heterocycles. The number of ether oxygens (including phenoxy) is 1. The Morgan fingerprint density at radius 2 is 2.37 bits per heavy atom. The lowest BCUT2D eigenvalue weighted by molar-refractivity contribution is 0.304. The first kappa shape index (κ1) is 14.6. The van der Waals surface area contributed by atoms with Crippen LogP contribution in [0.5, 0.6) is 5.88 Å². The van der Waals surface area contributed by atoms with Crippen molar-refractivity contribution in [1.29, 1.82) is 0 Å². The first-order valence-corrected chi connectivity index (χ1v) is 8.24. The Balaban J connectivity index is 2.03. The van der Waals surface area contributed by atoms with Crippen LogP contribution in [0.15, 0.2) is 12.4 Å². The maximum absolute atomic E-state index is 5.59. The van der Waals surface area contributed by atoms with Crippen molar-refractivity contribution in [3.05, 3.63) is 12.4 Å². The molecule has 1 atom stereocenters. The molecule has 5 heteroatoms. The Hall–Kier alpha value is -0.840. The van der Waals surface area contributed by atoms with Crippen LogP contribution in [0.3, 0.4) is 0 Å². The van der Waals surface area contributed by atoms with Crippen molar-refractivity contribution < 1.29 is 4.74 Å². The van der Waals surface area contributed by atoms with E-state index in [9.17, 15) is 0 Å². The maximum atomic E-state index is 5.59. The van der Waals surface area contributed by atoms with Crippen LogP contribution >= 0.6 is 15.9 Å². The summed E-state index contributed by atoms with van der Waals surface area (Å²) in [7, 11) is 0. The average Bonchev–Trinajstić information content (AvgIpc) is 2.91. The minimum Gasteiger partial charge on any atom is -0.478 e. The van der Waals surface area contributed by atoms with E-state index in [2.05, 4.69) is 37.7 Å². The summed E-state index contributed by atoms with van der Waals surface area (Å²) in [6.07, 6.45) is 7.56. The van der Waals surface area contributed by atoms with Crippen molar-refractivity contribution in [1.82, 2.24) is 9.97 Å². The lowest BCUT2D eigenvalue weighted by Crippen LogP contribution is -2.30. The van der Waals surface area contributed by atoms with E-state index >= 15 is 0 Å². The zero-order valence-corrected chi connectivity index (χ0v) is 13.1. The second-order valence-corrected chi connectivity index (χ2v) is 5.68. The van der Waals surface area contributed by atoms with Gasteiger partial charge in [0.25, 0.3) is 0 Å². The van der Waals surface area contributed by atoms with Crippen LogP contribution in [0.25, 0.3) is 0 Å². The third-order valence-corrected chi connectivity index (χ3v) is 3.98. The maximum Gasteiger partial charge on any atom is 0.218 e. The van der Waals surface area contributed by atoms with Gasteiger partial charge >= 0.3 is 0 Å². The van der Waals surface area contributed by atoms with Crippen LogP contribution in [-0.4, -0.2) is 34.5 Å². The molecule has 1 saturated heterocycles. The van der Waals surface area contributed by atoms with Gasteiger partial charge in [-0.05, 0) is 32.1 Å². The molecule has 1 aromatic heterocycles. The Bertz CT molecular complexity index is 389. The first-order valence-electron chi connectivity index (χ1n) is 7.12. The van der Waals surface area contributed by atoms with E-state index in [1.54, 1.807) is 6.33 Å². The normalized spacial score (nSPS) is 18.8. The van der Waals surface area contributed by atoms with Crippen LogP contribution in [0, 0.1) is 0 Å². The van der Waals surface area contributed by atoms with Gasteiger partial charge in [0, 0.05) is 24.0 Å². The van der Waals surface area contributed by atoms with Crippen molar-refractivity contribution in [2.75, 3.05) is 23.4 Å². The summed E-state index contributed by atoms with van der Waals surface area (Å²) in [6.45, 7) is 3.90. The highest BCUT2D eigenvalue weighted by molar-refractivity contribution is 9.09. The fourth-order valence-electron chi connectivity index (χ4n) is 2.52. The van der Waals surface area contributed by atoms with Gasteiger partial charge in [-0.15, -0.1) is 0 Å². The van der Waals surface area contributed by atoms with E-state index in [1.165, 1.54) is 25.7 Å². The number of aromatic nitrogens is 2. The molecule has 1 aliphatic rings. The Kier molecular flexibility index (Phi) is 5.89. The molecule has 0 aromatic carbocycles. The van der Waals surface area contributed by atoms with Crippen LogP contribution in [0.4, 0.5) is 5.82 Å². The summed E-state index contributed by atoms with van der Waals surface area (Å²) in [5, 5.41) is 1.08. The predicted octanol–water partition coefficient (Wildman–Crippen LogP) is 3.41. The number of halogens is 1. The summed E-state index contributed by atoms with van der Waals surface area (Å²) in [5.41, 5.74) is 0. The van der Waals surface area contributed by atoms with Gasteiger partial charge in [-0.1, -0.05) is 22.9 Å². The lowest BCUT2D eigenvalue weighted by atomic mass is 10.1. The van der Waals surface area contributed by atoms with E-state index in [0.29, 0.717) is 18.5 Å². The molecule has 1 fully saturated rings. The molecule has 0 bridgehead atoms. The fraction of sp³-hybridized carbons (Fsp3) is 0.714. The Labute approximate surface area is 123 Å². The zero-order valence-electron chi connectivity index (χ0n) is 11.5. The molecule has 0 saturated carbocycles. The quantitative estimate of drug-likeness (QED) is 0.719. The van der Waals surface area contributed by atoms with Gasteiger partial charge in [-0.3, -0.25) is 0 Å². The number of anilines is 1. The second-order valence-electron chi connectivity index (χ2n) is 4.88. The molecule has 0 amide bonds. The van der Waals surface area contributed by atoms with Crippen molar-refractivity contribution in [3.63, 3.8) is 0 Å². The van der Waals surface area contributed by atoms with E-state index in [-0.39, 0.29) is 0 Å². The zero-order chi connectivity index (χ0) is 13.5. The minimum atomic E-state index is 0.617. The van der Waals surface area contributed by atoms with E-state index in [0.717, 1.165) is 24.1 Å². The first-order chi connectivity index (χ1) is 9.35. The molecule has 1 unspecified atom stereocenters. The van der Waals surface area contributed by atoms with E-state index in [1.807, 2.05) is 6.07 Å². The second kappa shape index (κ2) is 7.68. The van der Waals surface area contributed by atoms with E-state index in [4.69, 9.17) is 4.74 Å². The third kappa shape index (κ3) is 4.06. The standard InChI is InChI=1S/C14H22BrN3O/c1-2-9-19-14-10-13(16-11-17-14)18-8-4-6-12(18)5-3-7-15/h10-12H,2-9H2,1H3. The molecule has 0 aliphatic carbocycles. The number of hydrogen-bond donors (Lipinski definition) is 0. The fourth-order valence-corrected chi connectivity index (χ4v) is 2.85. The van der Waals surface area contributed by atoms with Gasteiger partial charge in [0.2, 0.25) is 5.88 Å². The molecule has 0 radical (unpaired) electrons. The summed E-state index contributed by atoms with van der Waals surface area (Å²) in [4.78, 5) is 11.0. The molecule has 1 aromatic rings. The number of hydrogen-bond acceptors (Lipinski definition) is 4. The van der Waals surface area contributed by atoms with Gasteiger partial charge < -0.3 is 9.64 Å². The number of alkyl halides is 1. The Morgan fingerprint density at radius 1 is 1.47 bits per heavy atom. The third-order valence-electron chi connectivity index (χ3n) is 3.42. The molecule has 1 aliphatic heterocycles. The molecule has 4 nitrogen and oxygen atoms in total. The molecule has 0 N–H and O–H groups in total. The average molecular weight is 328 g/mol. The highest BCUT2D eigenvalue weighted by atomic mass is 79.9. The molecule has 2 rings (SSSR count). The SMILES string of the molecule is CCCOc1cc(N2CCCC2CCCBr)ncn1.